The highest BCUT2D eigenvalue weighted by Gasteiger charge is 2.17. The average Bonchev–Trinajstić information content (AvgIpc) is 3.00. The summed E-state index contributed by atoms with van der Waals surface area (Å²) >= 11 is 11.7. The summed E-state index contributed by atoms with van der Waals surface area (Å²) in [7, 11) is 0. The van der Waals surface area contributed by atoms with Gasteiger partial charge in [-0.15, -0.1) is 0 Å². The van der Waals surface area contributed by atoms with Crippen LogP contribution in [0.25, 0.3) is 11.1 Å². The van der Waals surface area contributed by atoms with E-state index in [1.165, 1.54) is 18.5 Å². The van der Waals surface area contributed by atoms with Crippen LogP contribution in [0.1, 0.15) is 20.7 Å². The molecule has 0 spiro atoms. The smallest absolute Gasteiger partial charge is 0.340 e. The molecule has 0 saturated heterocycles. The fourth-order valence-corrected chi connectivity index (χ4v) is 2.57. The molecule has 0 radical (unpaired) electrons. The van der Waals surface area contributed by atoms with Gasteiger partial charge in [-0.05, 0) is 30.3 Å². The summed E-state index contributed by atoms with van der Waals surface area (Å²) in [5.74, 6) is -1.09. The average molecular weight is 350 g/mol. The number of halogens is 2. The summed E-state index contributed by atoms with van der Waals surface area (Å²) in [6.07, 6.45) is 1.24. The minimum absolute atomic E-state index is 0.206. The van der Waals surface area contributed by atoms with Gasteiger partial charge in [0.1, 0.15) is 5.52 Å². The number of fused-ring (bicyclic) bond motifs is 1. The second-order valence-electron chi connectivity index (χ2n) is 4.63. The van der Waals surface area contributed by atoms with E-state index < -0.39 is 18.4 Å². The molecule has 0 aliphatic carbocycles. The van der Waals surface area contributed by atoms with Crippen LogP contribution >= 0.6 is 23.2 Å². The number of hydrogen-bond acceptors (Lipinski definition) is 5. The maximum absolute atomic E-state index is 12.1. The van der Waals surface area contributed by atoms with Crippen molar-refractivity contribution in [1.82, 2.24) is 4.98 Å². The van der Waals surface area contributed by atoms with Gasteiger partial charge in [-0.2, -0.15) is 0 Å². The Morgan fingerprint density at radius 3 is 2.74 bits per heavy atom. The summed E-state index contributed by atoms with van der Waals surface area (Å²) in [6.45, 7) is -0.436. The topological polar surface area (TPSA) is 69.4 Å². The molecule has 0 fully saturated rings. The SMILES string of the molecule is O=C(COC(=O)c1cccc2ocnc12)c1ccc(Cl)cc1Cl. The Hall–Kier alpha value is -2.37. The van der Waals surface area contributed by atoms with Gasteiger partial charge in [0.2, 0.25) is 5.78 Å². The van der Waals surface area contributed by atoms with Crippen molar-refractivity contribution in [2.45, 2.75) is 0 Å². The van der Waals surface area contributed by atoms with Gasteiger partial charge in [0.15, 0.2) is 18.6 Å². The van der Waals surface area contributed by atoms with Gasteiger partial charge in [0, 0.05) is 10.6 Å². The van der Waals surface area contributed by atoms with Gasteiger partial charge in [-0.3, -0.25) is 4.79 Å². The van der Waals surface area contributed by atoms with Gasteiger partial charge in [-0.25, -0.2) is 9.78 Å². The molecular formula is C16H9Cl2NO4. The largest absolute Gasteiger partial charge is 0.454 e. The van der Waals surface area contributed by atoms with Crippen molar-refractivity contribution in [3.05, 3.63) is 64.0 Å². The van der Waals surface area contributed by atoms with Crippen LogP contribution in [-0.4, -0.2) is 23.3 Å². The fourth-order valence-electron chi connectivity index (χ4n) is 2.05. The molecule has 3 rings (SSSR count). The number of carbonyl (C=O) groups excluding carboxylic acids is 2. The Kier molecular flexibility index (Phi) is 4.32. The van der Waals surface area contributed by atoms with Gasteiger partial charge in [0.25, 0.3) is 0 Å². The monoisotopic (exact) mass is 349 g/mol. The zero-order valence-corrected chi connectivity index (χ0v) is 13.1. The highest BCUT2D eigenvalue weighted by Crippen LogP contribution is 2.22. The van der Waals surface area contributed by atoms with Gasteiger partial charge in [0.05, 0.1) is 10.6 Å². The number of esters is 1. The lowest BCUT2D eigenvalue weighted by Crippen LogP contribution is -2.15. The third-order valence-corrected chi connectivity index (χ3v) is 3.69. The van der Waals surface area contributed by atoms with E-state index in [0.29, 0.717) is 16.1 Å². The minimum Gasteiger partial charge on any atom is -0.454 e. The van der Waals surface area contributed by atoms with Crippen LogP contribution in [0.4, 0.5) is 0 Å². The second-order valence-corrected chi connectivity index (χ2v) is 5.47. The molecule has 3 aromatic rings. The number of benzene rings is 2. The number of nitrogens with zero attached hydrogens (tertiary/aromatic N) is 1. The first-order chi connectivity index (χ1) is 11.1. The molecule has 7 heteroatoms. The van der Waals surface area contributed by atoms with Crippen LogP contribution < -0.4 is 0 Å². The summed E-state index contributed by atoms with van der Waals surface area (Å²) in [5.41, 5.74) is 1.32. The molecule has 0 saturated carbocycles. The lowest BCUT2D eigenvalue weighted by Gasteiger charge is -2.06. The van der Waals surface area contributed by atoms with E-state index in [0.717, 1.165) is 0 Å². The Morgan fingerprint density at radius 1 is 1.13 bits per heavy atom. The maximum Gasteiger partial charge on any atom is 0.340 e. The summed E-state index contributed by atoms with van der Waals surface area (Å²) in [4.78, 5) is 28.2. The number of rotatable bonds is 4. The zero-order valence-electron chi connectivity index (χ0n) is 11.6. The van der Waals surface area contributed by atoms with Gasteiger partial charge < -0.3 is 9.15 Å². The van der Waals surface area contributed by atoms with Gasteiger partial charge >= 0.3 is 5.97 Å². The Bertz CT molecular complexity index is 904. The first-order valence-electron chi connectivity index (χ1n) is 6.54. The molecule has 1 aromatic heterocycles. The lowest BCUT2D eigenvalue weighted by molar-refractivity contribution is 0.0476. The van der Waals surface area contributed by atoms with Crippen molar-refractivity contribution < 1.29 is 18.7 Å². The van der Waals surface area contributed by atoms with E-state index in [9.17, 15) is 9.59 Å². The third kappa shape index (κ3) is 3.21. The van der Waals surface area contributed by atoms with Crippen LogP contribution in [0.3, 0.4) is 0 Å². The number of aromatic nitrogens is 1. The molecular weight excluding hydrogens is 341 g/mol. The second kappa shape index (κ2) is 6.40. The van der Waals surface area contributed by atoms with Gasteiger partial charge in [-0.1, -0.05) is 29.3 Å². The first-order valence-corrected chi connectivity index (χ1v) is 7.29. The quantitative estimate of drug-likeness (QED) is 0.522. The Morgan fingerprint density at radius 2 is 1.96 bits per heavy atom. The van der Waals surface area contributed by atoms with Crippen LogP contribution in [0.15, 0.2) is 47.2 Å². The lowest BCUT2D eigenvalue weighted by atomic mass is 10.1. The minimum atomic E-state index is -0.664. The van der Waals surface area contributed by atoms with Crippen molar-refractivity contribution in [2.24, 2.45) is 0 Å². The summed E-state index contributed by atoms with van der Waals surface area (Å²) in [5, 5.41) is 0.624. The highest BCUT2D eigenvalue weighted by atomic mass is 35.5. The molecule has 1 heterocycles. The fraction of sp³-hybridized carbons (Fsp3) is 0.0625. The van der Waals surface area contributed by atoms with E-state index in [4.69, 9.17) is 32.4 Å². The standard InChI is InChI=1S/C16H9Cl2NO4/c17-9-4-5-10(12(18)6-9)13(20)7-22-16(21)11-2-1-3-14-15(11)19-8-23-14/h1-6,8H,7H2. The Balaban J connectivity index is 1.74. The van der Waals surface area contributed by atoms with E-state index in [1.54, 1.807) is 24.3 Å². The van der Waals surface area contributed by atoms with Crippen molar-refractivity contribution in [3.63, 3.8) is 0 Å². The number of ketones is 1. The molecule has 0 aliphatic rings. The van der Waals surface area contributed by atoms with Crippen LogP contribution in [0, 0.1) is 0 Å². The molecule has 0 unspecified atom stereocenters. The molecule has 0 aliphatic heterocycles. The number of ether oxygens (including phenoxy) is 1. The van der Waals surface area contributed by atoms with Crippen LogP contribution in [0.2, 0.25) is 10.0 Å². The number of para-hydroxylation sites is 1. The predicted molar refractivity (Wildman–Crippen MR) is 85.1 cm³/mol. The molecule has 0 atom stereocenters. The maximum atomic E-state index is 12.1. The molecule has 2 aromatic carbocycles. The van der Waals surface area contributed by atoms with E-state index in [2.05, 4.69) is 4.98 Å². The van der Waals surface area contributed by atoms with E-state index >= 15 is 0 Å². The number of oxazole rings is 1. The number of carbonyl (C=O) groups is 2. The first kappa shape index (κ1) is 15.5. The zero-order chi connectivity index (χ0) is 16.4. The predicted octanol–water partition coefficient (Wildman–Crippen LogP) is 4.17. The highest BCUT2D eigenvalue weighted by molar-refractivity contribution is 6.36. The molecule has 0 bridgehead atoms. The van der Waals surface area contributed by atoms with Crippen molar-refractivity contribution >= 4 is 46.1 Å². The number of hydrogen-bond donors (Lipinski definition) is 0. The van der Waals surface area contributed by atoms with Crippen LogP contribution in [0.5, 0.6) is 0 Å². The summed E-state index contributed by atoms with van der Waals surface area (Å²) < 4.78 is 10.2. The van der Waals surface area contributed by atoms with Crippen LogP contribution in [-0.2, 0) is 4.74 Å². The molecule has 23 heavy (non-hydrogen) atoms. The molecule has 0 amide bonds. The molecule has 5 nitrogen and oxygen atoms in total. The van der Waals surface area contributed by atoms with Crippen molar-refractivity contribution in [2.75, 3.05) is 6.61 Å². The third-order valence-electron chi connectivity index (χ3n) is 3.15. The van der Waals surface area contributed by atoms with E-state index in [-0.39, 0.29) is 16.1 Å². The number of Topliss-reactive ketones (excluding diaryl/α,β-unsaturated/α-hetero) is 1. The Labute approximate surface area is 140 Å². The normalized spacial score (nSPS) is 10.7. The van der Waals surface area contributed by atoms with E-state index in [1.807, 2.05) is 0 Å². The van der Waals surface area contributed by atoms with Crippen molar-refractivity contribution in [3.8, 4) is 0 Å². The molecule has 116 valence electrons. The van der Waals surface area contributed by atoms with Crippen molar-refractivity contribution in [1.29, 1.82) is 0 Å². The summed E-state index contributed by atoms with van der Waals surface area (Å²) in [6, 6.07) is 9.35. The molecule has 0 N–H and O–H groups in total.